The number of aryl methyl sites for hydroxylation is 1. The first-order valence-corrected chi connectivity index (χ1v) is 10.8. The summed E-state index contributed by atoms with van der Waals surface area (Å²) in [4.78, 5) is 36.6. The van der Waals surface area contributed by atoms with Crippen molar-refractivity contribution < 1.29 is 9.90 Å². The van der Waals surface area contributed by atoms with Crippen LogP contribution in [0.1, 0.15) is 35.7 Å². The monoisotopic (exact) mass is 413 g/mol. The summed E-state index contributed by atoms with van der Waals surface area (Å²) in [5, 5.41) is 10.00. The van der Waals surface area contributed by atoms with Crippen molar-refractivity contribution >= 4 is 22.8 Å². The van der Waals surface area contributed by atoms with Gasteiger partial charge in [0.2, 0.25) is 5.43 Å². The minimum atomic E-state index is -1.18. The number of carbonyl (C=O) groups is 1. The number of carboxylic acid groups (broad SMARTS) is 1. The van der Waals surface area contributed by atoms with Crippen molar-refractivity contribution in [3.05, 3.63) is 33.6 Å². The largest absolute Gasteiger partial charge is 0.477 e. The summed E-state index contributed by atoms with van der Waals surface area (Å²) >= 11 is 0. The van der Waals surface area contributed by atoms with Crippen molar-refractivity contribution in [1.29, 1.82) is 0 Å². The molecule has 8 nitrogen and oxygen atoms in total. The summed E-state index contributed by atoms with van der Waals surface area (Å²) in [6.45, 7) is 10.5. The first-order valence-electron chi connectivity index (χ1n) is 10.8. The summed E-state index contributed by atoms with van der Waals surface area (Å²) < 4.78 is 1.90. The van der Waals surface area contributed by atoms with Gasteiger partial charge in [0.25, 0.3) is 0 Å². The minimum absolute atomic E-state index is 0.183. The van der Waals surface area contributed by atoms with Gasteiger partial charge in [-0.15, -0.1) is 0 Å². The summed E-state index contributed by atoms with van der Waals surface area (Å²) in [7, 11) is 2.12. The molecule has 2 aromatic rings. The fourth-order valence-electron chi connectivity index (χ4n) is 4.78. The lowest BCUT2D eigenvalue weighted by atomic mass is 10.1. The molecule has 0 radical (unpaired) electrons. The van der Waals surface area contributed by atoms with Crippen LogP contribution in [0.25, 0.3) is 11.0 Å². The van der Waals surface area contributed by atoms with Crippen molar-refractivity contribution in [2.75, 3.05) is 51.2 Å². The van der Waals surface area contributed by atoms with Crippen LogP contribution in [0.4, 0.5) is 5.82 Å². The van der Waals surface area contributed by atoms with Crippen molar-refractivity contribution in [2.45, 2.75) is 39.3 Å². The van der Waals surface area contributed by atoms with E-state index >= 15 is 0 Å². The SMILES string of the molecule is CCN1CCCC1Cn1cc(C(=O)O)c(=O)c2cc(C)c(N3CCN(C)CC3)nc21. The van der Waals surface area contributed by atoms with Crippen LogP contribution in [0.2, 0.25) is 0 Å². The van der Waals surface area contributed by atoms with E-state index in [2.05, 4.69) is 28.7 Å². The van der Waals surface area contributed by atoms with Crippen LogP contribution in [-0.4, -0.2) is 82.8 Å². The van der Waals surface area contributed by atoms with Crippen LogP contribution < -0.4 is 10.3 Å². The van der Waals surface area contributed by atoms with E-state index < -0.39 is 11.4 Å². The van der Waals surface area contributed by atoms with Gasteiger partial charge in [0.15, 0.2) is 0 Å². The molecule has 2 saturated heterocycles. The van der Waals surface area contributed by atoms with Gasteiger partial charge < -0.3 is 19.5 Å². The molecule has 1 atom stereocenters. The molecule has 2 fully saturated rings. The molecular weight excluding hydrogens is 382 g/mol. The highest BCUT2D eigenvalue weighted by Crippen LogP contribution is 2.25. The summed E-state index contributed by atoms with van der Waals surface area (Å²) in [5.74, 6) is -0.291. The molecule has 1 N–H and O–H groups in total. The zero-order valence-corrected chi connectivity index (χ0v) is 18.1. The van der Waals surface area contributed by atoms with E-state index in [1.54, 1.807) is 0 Å². The molecule has 0 amide bonds. The predicted octanol–water partition coefficient (Wildman–Crippen LogP) is 1.64. The molecule has 1 unspecified atom stereocenters. The third-order valence-corrected chi connectivity index (χ3v) is 6.56. The topological polar surface area (TPSA) is 81.9 Å². The Kier molecular flexibility index (Phi) is 5.79. The van der Waals surface area contributed by atoms with Gasteiger partial charge in [-0.25, -0.2) is 9.78 Å². The van der Waals surface area contributed by atoms with Crippen LogP contribution in [-0.2, 0) is 6.54 Å². The molecular formula is C22H31N5O3. The molecule has 4 heterocycles. The zero-order chi connectivity index (χ0) is 21.4. The normalized spacial score (nSPS) is 20.9. The number of anilines is 1. The fraction of sp³-hybridized carbons (Fsp3) is 0.591. The first-order chi connectivity index (χ1) is 14.4. The molecule has 30 heavy (non-hydrogen) atoms. The quantitative estimate of drug-likeness (QED) is 0.798. The lowest BCUT2D eigenvalue weighted by Crippen LogP contribution is -2.45. The van der Waals surface area contributed by atoms with Gasteiger partial charge >= 0.3 is 5.97 Å². The fourth-order valence-corrected chi connectivity index (χ4v) is 4.78. The second-order valence-corrected chi connectivity index (χ2v) is 8.54. The Balaban J connectivity index is 1.83. The predicted molar refractivity (Wildman–Crippen MR) is 118 cm³/mol. The number of aromatic nitrogens is 2. The van der Waals surface area contributed by atoms with Crippen molar-refractivity contribution in [3.63, 3.8) is 0 Å². The second-order valence-electron chi connectivity index (χ2n) is 8.54. The van der Waals surface area contributed by atoms with Gasteiger partial charge in [0, 0.05) is 45.0 Å². The number of carboxylic acids is 1. The highest BCUT2D eigenvalue weighted by molar-refractivity contribution is 5.92. The molecule has 0 aliphatic carbocycles. The van der Waals surface area contributed by atoms with Crippen LogP contribution in [0.15, 0.2) is 17.1 Å². The number of pyridine rings is 2. The van der Waals surface area contributed by atoms with Crippen molar-refractivity contribution in [1.82, 2.24) is 19.4 Å². The summed E-state index contributed by atoms with van der Waals surface area (Å²) in [6, 6.07) is 2.16. The number of hydrogen-bond donors (Lipinski definition) is 1. The third-order valence-electron chi connectivity index (χ3n) is 6.56. The van der Waals surface area contributed by atoms with E-state index in [1.165, 1.54) is 6.20 Å². The van der Waals surface area contributed by atoms with Gasteiger partial charge in [0.1, 0.15) is 17.0 Å². The van der Waals surface area contributed by atoms with E-state index in [4.69, 9.17) is 4.98 Å². The number of aromatic carboxylic acids is 1. The number of hydrogen-bond acceptors (Lipinski definition) is 6. The van der Waals surface area contributed by atoms with Gasteiger partial charge in [-0.05, 0) is 51.5 Å². The van der Waals surface area contributed by atoms with Crippen molar-refractivity contribution in [3.8, 4) is 0 Å². The van der Waals surface area contributed by atoms with Crippen LogP contribution in [0.3, 0.4) is 0 Å². The summed E-state index contributed by atoms with van der Waals surface area (Å²) in [6.07, 6.45) is 3.71. The molecule has 0 aromatic carbocycles. The number of rotatable bonds is 5. The smallest absolute Gasteiger partial charge is 0.341 e. The molecule has 0 spiro atoms. The maximum atomic E-state index is 12.9. The Morgan fingerprint density at radius 1 is 1.23 bits per heavy atom. The van der Waals surface area contributed by atoms with E-state index in [1.807, 2.05) is 17.6 Å². The van der Waals surface area contributed by atoms with Crippen LogP contribution in [0.5, 0.6) is 0 Å². The minimum Gasteiger partial charge on any atom is -0.477 e. The highest BCUT2D eigenvalue weighted by Gasteiger charge is 2.26. The van der Waals surface area contributed by atoms with Crippen LogP contribution in [0, 0.1) is 6.92 Å². The Hall–Kier alpha value is -2.45. The maximum absolute atomic E-state index is 12.9. The lowest BCUT2D eigenvalue weighted by molar-refractivity contribution is 0.0694. The number of fused-ring (bicyclic) bond motifs is 1. The Morgan fingerprint density at radius 3 is 2.63 bits per heavy atom. The highest BCUT2D eigenvalue weighted by atomic mass is 16.4. The summed E-state index contributed by atoms with van der Waals surface area (Å²) in [5.41, 5.74) is 0.868. The first kappa shape index (κ1) is 20.8. The Morgan fingerprint density at radius 2 is 1.97 bits per heavy atom. The number of likely N-dealkylation sites (N-methyl/N-ethyl adjacent to an activating group) is 2. The molecule has 162 valence electrons. The number of nitrogens with zero attached hydrogens (tertiary/aromatic N) is 5. The van der Waals surface area contributed by atoms with Gasteiger partial charge in [-0.1, -0.05) is 6.92 Å². The van der Waals surface area contributed by atoms with Gasteiger partial charge in [-0.2, -0.15) is 0 Å². The average molecular weight is 414 g/mol. The Labute approximate surface area is 176 Å². The standard InChI is InChI=1S/C22H31N5O3/c1-4-25-7-5-6-16(25)13-27-14-18(22(29)30)19(28)17-12-15(2)20(23-21(17)27)26-10-8-24(3)9-11-26/h12,14,16H,4-11,13H2,1-3H3,(H,29,30). The van der Waals surface area contributed by atoms with Gasteiger partial charge in [0.05, 0.1) is 5.39 Å². The van der Waals surface area contributed by atoms with E-state index in [0.717, 1.165) is 63.5 Å². The number of likely N-dealkylation sites (tertiary alicyclic amines) is 1. The molecule has 2 aromatic heterocycles. The molecule has 2 aliphatic rings. The van der Waals surface area contributed by atoms with E-state index in [0.29, 0.717) is 23.6 Å². The molecule has 2 aliphatic heterocycles. The molecule has 8 heteroatoms. The van der Waals surface area contributed by atoms with E-state index in [9.17, 15) is 14.7 Å². The second kappa shape index (κ2) is 8.35. The Bertz CT molecular complexity index is 1010. The maximum Gasteiger partial charge on any atom is 0.341 e. The average Bonchev–Trinajstić information content (AvgIpc) is 3.17. The zero-order valence-electron chi connectivity index (χ0n) is 18.1. The van der Waals surface area contributed by atoms with Crippen molar-refractivity contribution in [2.24, 2.45) is 0 Å². The molecule has 0 bridgehead atoms. The third kappa shape index (κ3) is 3.81. The van der Waals surface area contributed by atoms with E-state index in [-0.39, 0.29) is 5.56 Å². The number of piperazine rings is 1. The van der Waals surface area contributed by atoms with Gasteiger partial charge in [-0.3, -0.25) is 9.69 Å². The molecule has 0 saturated carbocycles. The molecule has 4 rings (SSSR count). The lowest BCUT2D eigenvalue weighted by Gasteiger charge is -2.34. The van der Waals surface area contributed by atoms with Crippen LogP contribution >= 0.6 is 0 Å².